The Bertz CT molecular complexity index is 653. The number of benzene rings is 1. The highest BCUT2D eigenvalue weighted by Crippen LogP contribution is 2.25. The summed E-state index contributed by atoms with van der Waals surface area (Å²) in [5.74, 6) is 0.0137. The lowest BCUT2D eigenvalue weighted by atomic mass is 9.98. The van der Waals surface area contributed by atoms with E-state index in [1.807, 2.05) is 9.80 Å². The maximum atomic E-state index is 12.9. The van der Waals surface area contributed by atoms with Gasteiger partial charge in [-0.1, -0.05) is 6.07 Å². The molecular formula is C19H24F2N2O3. The van der Waals surface area contributed by atoms with Crippen LogP contribution in [-0.4, -0.2) is 53.9 Å². The summed E-state index contributed by atoms with van der Waals surface area (Å²) in [6.45, 7) is -0.799. The Balaban J connectivity index is 1.66. The molecule has 142 valence electrons. The molecule has 0 N–H and O–H groups in total. The first-order chi connectivity index (χ1) is 12.5. The maximum Gasteiger partial charge on any atom is 0.387 e. The van der Waals surface area contributed by atoms with E-state index < -0.39 is 6.61 Å². The van der Waals surface area contributed by atoms with Crippen LogP contribution in [0.1, 0.15) is 48.9 Å². The van der Waals surface area contributed by atoms with Crippen molar-refractivity contribution in [3.63, 3.8) is 0 Å². The molecule has 2 heterocycles. The van der Waals surface area contributed by atoms with Gasteiger partial charge in [-0.25, -0.2) is 0 Å². The third kappa shape index (κ3) is 4.51. The number of carbonyl (C=O) groups is 2. The number of halogens is 2. The molecule has 1 aromatic rings. The molecule has 1 aromatic carbocycles. The maximum absolute atomic E-state index is 12.9. The first-order valence-electron chi connectivity index (χ1n) is 9.18. The predicted molar refractivity (Wildman–Crippen MR) is 92.2 cm³/mol. The Morgan fingerprint density at radius 3 is 2.81 bits per heavy atom. The number of nitrogens with zero attached hydrogens (tertiary/aromatic N) is 2. The quantitative estimate of drug-likeness (QED) is 0.776. The van der Waals surface area contributed by atoms with Gasteiger partial charge in [0.25, 0.3) is 5.91 Å². The molecule has 0 saturated carbocycles. The van der Waals surface area contributed by atoms with Crippen LogP contribution in [0, 0.1) is 0 Å². The molecule has 1 atom stereocenters. The van der Waals surface area contributed by atoms with Crippen LogP contribution in [0.2, 0.25) is 0 Å². The molecule has 26 heavy (non-hydrogen) atoms. The van der Waals surface area contributed by atoms with E-state index in [4.69, 9.17) is 0 Å². The average Bonchev–Trinajstić information content (AvgIpc) is 3.04. The Kier molecular flexibility index (Phi) is 6.06. The van der Waals surface area contributed by atoms with Gasteiger partial charge in [0.1, 0.15) is 5.75 Å². The zero-order valence-electron chi connectivity index (χ0n) is 14.7. The van der Waals surface area contributed by atoms with E-state index in [-0.39, 0.29) is 23.6 Å². The molecule has 2 fully saturated rings. The number of ether oxygens (including phenoxy) is 1. The van der Waals surface area contributed by atoms with Gasteiger partial charge in [0, 0.05) is 37.7 Å². The van der Waals surface area contributed by atoms with Crippen molar-refractivity contribution in [1.82, 2.24) is 9.80 Å². The molecule has 2 aliphatic rings. The third-order valence-corrected chi connectivity index (χ3v) is 5.10. The van der Waals surface area contributed by atoms with Gasteiger partial charge in [-0.15, -0.1) is 0 Å². The Hall–Kier alpha value is -2.18. The van der Waals surface area contributed by atoms with Crippen molar-refractivity contribution < 1.29 is 23.1 Å². The van der Waals surface area contributed by atoms with E-state index in [1.165, 1.54) is 12.1 Å². The Labute approximate surface area is 151 Å². The minimum absolute atomic E-state index is 0.0120. The lowest BCUT2D eigenvalue weighted by Gasteiger charge is -2.36. The van der Waals surface area contributed by atoms with E-state index in [0.29, 0.717) is 25.1 Å². The number of piperidine rings is 1. The minimum atomic E-state index is -2.92. The van der Waals surface area contributed by atoms with Crippen LogP contribution >= 0.6 is 0 Å². The predicted octanol–water partition coefficient (Wildman–Crippen LogP) is 3.30. The van der Waals surface area contributed by atoms with Crippen LogP contribution in [0.15, 0.2) is 24.3 Å². The number of amides is 2. The van der Waals surface area contributed by atoms with Crippen LogP contribution in [-0.2, 0) is 4.79 Å². The van der Waals surface area contributed by atoms with Gasteiger partial charge in [-0.2, -0.15) is 8.78 Å². The summed E-state index contributed by atoms with van der Waals surface area (Å²) in [4.78, 5) is 28.4. The SMILES string of the molecule is O=C1CCCN1CCC1CCCCN1C(=O)c1cccc(OC(F)F)c1. The fourth-order valence-corrected chi connectivity index (χ4v) is 3.78. The first kappa shape index (κ1) is 18.6. The third-order valence-electron chi connectivity index (χ3n) is 5.10. The van der Waals surface area contributed by atoms with Crippen LogP contribution < -0.4 is 4.74 Å². The van der Waals surface area contributed by atoms with Crippen molar-refractivity contribution in [1.29, 1.82) is 0 Å². The average molecular weight is 366 g/mol. The van der Waals surface area contributed by atoms with E-state index in [2.05, 4.69) is 4.74 Å². The molecule has 0 aromatic heterocycles. The summed E-state index contributed by atoms with van der Waals surface area (Å²) < 4.78 is 29.2. The summed E-state index contributed by atoms with van der Waals surface area (Å²) in [6, 6.07) is 6.02. The van der Waals surface area contributed by atoms with Crippen molar-refractivity contribution in [3.05, 3.63) is 29.8 Å². The van der Waals surface area contributed by atoms with E-state index in [1.54, 1.807) is 12.1 Å². The summed E-state index contributed by atoms with van der Waals surface area (Å²) in [6.07, 6.45) is 5.16. The highest BCUT2D eigenvalue weighted by atomic mass is 19.3. The molecule has 7 heteroatoms. The fraction of sp³-hybridized carbons (Fsp3) is 0.579. The van der Waals surface area contributed by atoms with Crippen LogP contribution in [0.5, 0.6) is 5.75 Å². The standard InChI is InChI=1S/C19H24F2N2O3/c20-19(21)26-16-7-3-5-14(13-16)18(25)23-11-2-1-6-15(23)9-12-22-10-4-8-17(22)24/h3,5,7,13,15,19H,1-2,4,6,8-12H2. The summed E-state index contributed by atoms with van der Waals surface area (Å²) in [5.41, 5.74) is 0.354. The second kappa shape index (κ2) is 8.47. The van der Waals surface area contributed by atoms with Crippen molar-refractivity contribution in [2.24, 2.45) is 0 Å². The minimum Gasteiger partial charge on any atom is -0.435 e. The smallest absolute Gasteiger partial charge is 0.387 e. The highest BCUT2D eigenvalue weighted by Gasteiger charge is 2.29. The number of carbonyl (C=O) groups excluding carboxylic acids is 2. The van der Waals surface area contributed by atoms with Crippen molar-refractivity contribution in [2.75, 3.05) is 19.6 Å². The first-order valence-corrected chi connectivity index (χ1v) is 9.18. The van der Waals surface area contributed by atoms with Gasteiger partial charge in [-0.3, -0.25) is 9.59 Å². The number of hydrogen-bond donors (Lipinski definition) is 0. The number of hydrogen-bond acceptors (Lipinski definition) is 3. The molecular weight excluding hydrogens is 342 g/mol. The molecule has 2 amide bonds. The molecule has 0 spiro atoms. The molecule has 1 unspecified atom stereocenters. The summed E-state index contributed by atoms with van der Waals surface area (Å²) in [5, 5.41) is 0. The molecule has 0 bridgehead atoms. The van der Waals surface area contributed by atoms with Gasteiger partial charge in [0.05, 0.1) is 0 Å². The summed E-state index contributed by atoms with van der Waals surface area (Å²) >= 11 is 0. The monoisotopic (exact) mass is 366 g/mol. The molecule has 5 nitrogen and oxygen atoms in total. The second-order valence-corrected chi connectivity index (χ2v) is 6.83. The molecule has 3 rings (SSSR count). The Morgan fingerprint density at radius 2 is 2.08 bits per heavy atom. The van der Waals surface area contributed by atoms with Crippen LogP contribution in [0.4, 0.5) is 8.78 Å². The molecule has 2 saturated heterocycles. The molecule has 0 aliphatic carbocycles. The number of alkyl halides is 2. The van der Waals surface area contributed by atoms with Crippen LogP contribution in [0.25, 0.3) is 0 Å². The van der Waals surface area contributed by atoms with Gasteiger partial charge in [0.15, 0.2) is 0 Å². The van der Waals surface area contributed by atoms with Crippen molar-refractivity contribution in [2.45, 2.75) is 51.2 Å². The Morgan fingerprint density at radius 1 is 1.23 bits per heavy atom. The highest BCUT2D eigenvalue weighted by molar-refractivity contribution is 5.94. The lowest BCUT2D eigenvalue weighted by Crippen LogP contribution is -2.45. The zero-order valence-corrected chi connectivity index (χ0v) is 14.7. The van der Waals surface area contributed by atoms with Crippen LogP contribution in [0.3, 0.4) is 0 Å². The van der Waals surface area contributed by atoms with Crippen molar-refractivity contribution in [3.8, 4) is 5.75 Å². The summed E-state index contributed by atoms with van der Waals surface area (Å²) in [7, 11) is 0. The van der Waals surface area contributed by atoms with E-state index in [0.717, 1.165) is 38.6 Å². The fourth-order valence-electron chi connectivity index (χ4n) is 3.78. The van der Waals surface area contributed by atoms with E-state index >= 15 is 0 Å². The van der Waals surface area contributed by atoms with E-state index in [9.17, 15) is 18.4 Å². The van der Waals surface area contributed by atoms with Gasteiger partial charge >= 0.3 is 6.61 Å². The second-order valence-electron chi connectivity index (χ2n) is 6.83. The van der Waals surface area contributed by atoms with Crippen molar-refractivity contribution >= 4 is 11.8 Å². The largest absolute Gasteiger partial charge is 0.435 e. The van der Waals surface area contributed by atoms with Gasteiger partial charge in [-0.05, 0) is 50.3 Å². The van der Waals surface area contributed by atoms with Gasteiger partial charge < -0.3 is 14.5 Å². The number of likely N-dealkylation sites (tertiary alicyclic amines) is 2. The molecule has 0 radical (unpaired) electrons. The van der Waals surface area contributed by atoms with Gasteiger partial charge in [0.2, 0.25) is 5.91 Å². The topological polar surface area (TPSA) is 49.9 Å². The zero-order chi connectivity index (χ0) is 18.5. The molecule has 2 aliphatic heterocycles. The normalized spacial score (nSPS) is 20.7. The number of rotatable bonds is 6. The lowest BCUT2D eigenvalue weighted by molar-refractivity contribution is -0.127.